The Hall–Kier alpha value is -1.91. The summed E-state index contributed by atoms with van der Waals surface area (Å²) in [6.07, 6.45) is 1.11. The summed E-state index contributed by atoms with van der Waals surface area (Å²) in [5, 5.41) is 10.7. The van der Waals surface area contributed by atoms with Gasteiger partial charge in [-0.25, -0.2) is 0 Å². The Morgan fingerprint density at radius 2 is 2.19 bits per heavy atom. The number of hydrogen-bond donors (Lipinski definition) is 1. The zero-order valence-corrected chi connectivity index (χ0v) is 8.68. The van der Waals surface area contributed by atoms with Gasteiger partial charge in [-0.15, -0.1) is 0 Å². The number of carbonyl (C=O) groups excluding carboxylic acids is 1. The van der Waals surface area contributed by atoms with Crippen molar-refractivity contribution in [3.63, 3.8) is 0 Å². The number of nitrogens with two attached hydrogens (primary N) is 1. The smallest absolute Gasteiger partial charge is 0.234 e. The summed E-state index contributed by atoms with van der Waals surface area (Å²) < 4.78 is 0. The molecule has 5 nitrogen and oxygen atoms in total. The van der Waals surface area contributed by atoms with Crippen molar-refractivity contribution in [1.82, 2.24) is 0 Å². The number of amides is 1. The van der Waals surface area contributed by atoms with Gasteiger partial charge in [-0.2, -0.15) is 0 Å². The molecule has 5 heteroatoms. The van der Waals surface area contributed by atoms with Gasteiger partial charge in [0.1, 0.15) is 5.41 Å². The van der Waals surface area contributed by atoms with Crippen LogP contribution in [-0.2, 0) is 16.6 Å². The molecule has 0 saturated carbocycles. The Balaban J connectivity index is 2.51. The molecule has 1 aliphatic carbocycles. The zero-order valence-electron chi connectivity index (χ0n) is 8.68. The van der Waals surface area contributed by atoms with E-state index >= 15 is 0 Å². The summed E-state index contributed by atoms with van der Waals surface area (Å²) in [5.41, 5.74) is 5.95. The van der Waals surface area contributed by atoms with E-state index in [0.717, 1.165) is 11.1 Å². The highest BCUT2D eigenvalue weighted by atomic mass is 16.6. The van der Waals surface area contributed by atoms with Gasteiger partial charge in [0.2, 0.25) is 12.5 Å². The maximum Gasteiger partial charge on any atom is 0.234 e. The number of carbonyl (C=O) groups is 1. The maximum absolute atomic E-state index is 11.5. The van der Waals surface area contributed by atoms with E-state index < -0.39 is 22.8 Å². The Labute approximate surface area is 92.4 Å². The van der Waals surface area contributed by atoms with E-state index in [2.05, 4.69) is 0 Å². The zero-order chi connectivity index (χ0) is 11.8. The highest BCUT2D eigenvalue weighted by Crippen LogP contribution is 2.38. The Morgan fingerprint density at radius 3 is 2.81 bits per heavy atom. The molecule has 1 aromatic carbocycles. The summed E-state index contributed by atoms with van der Waals surface area (Å²) in [6, 6.07) is 7.29. The molecule has 2 rings (SSSR count). The largest absolute Gasteiger partial charge is 0.369 e. The molecule has 0 saturated heterocycles. The van der Waals surface area contributed by atoms with Gasteiger partial charge in [-0.1, -0.05) is 24.3 Å². The van der Waals surface area contributed by atoms with Gasteiger partial charge in [0.15, 0.2) is 0 Å². The number of nitrogens with zero attached hydrogens (tertiary/aromatic N) is 1. The number of primary amides is 1. The van der Waals surface area contributed by atoms with Gasteiger partial charge in [0.25, 0.3) is 0 Å². The Kier molecular flexibility index (Phi) is 2.38. The van der Waals surface area contributed by atoms with E-state index in [1.807, 2.05) is 12.1 Å². The third kappa shape index (κ3) is 1.44. The summed E-state index contributed by atoms with van der Waals surface area (Å²) in [5.74, 6) is -0.603. The summed E-state index contributed by atoms with van der Waals surface area (Å²) in [6.45, 7) is -0.417. The fourth-order valence-corrected chi connectivity index (χ4v) is 2.41. The molecule has 1 aliphatic rings. The second-order valence-electron chi connectivity index (χ2n) is 4.09. The van der Waals surface area contributed by atoms with Crippen LogP contribution in [0.3, 0.4) is 0 Å². The van der Waals surface area contributed by atoms with Gasteiger partial charge in [0.05, 0.1) is 0 Å². The van der Waals surface area contributed by atoms with E-state index in [1.54, 1.807) is 12.1 Å². The summed E-state index contributed by atoms with van der Waals surface area (Å²) in [7, 11) is 0. The lowest BCUT2D eigenvalue weighted by Crippen LogP contribution is -2.44. The highest BCUT2D eigenvalue weighted by Gasteiger charge is 2.48. The molecule has 0 aromatic heterocycles. The van der Waals surface area contributed by atoms with E-state index in [-0.39, 0.29) is 0 Å². The van der Waals surface area contributed by atoms with E-state index in [4.69, 9.17) is 5.73 Å². The molecule has 0 fully saturated rings. The first-order valence-corrected chi connectivity index (χ1v) is 5.06. The average Bonchev–Trinajstić information content (AvgIpc) is 2.58. The molecule has 1 amide bonds. The predicted octanol–water partition coefficient (Wildman–Crippen LogP) is 0.633. The van der Waals surface area contributed by atoms with Gasteiger partial charge >= 0.3 is 0 Å². The molecule has 1 atom stereocenters. The molecule has 1 aromatic rings. The molecule has 0 aliphatic heterocycles. The van der Waals surface area contributed by atoms with Crippen molar-refractivity contribution >= 4 is 5.91 Å². The van der Waals surface area contributed by atoms with Gasteiger partial charge < -0.3 is 5.73 Å². The van der Waals surface area contributed by atoms with Crippen LogP contribution in [0.4, 0.5) is 0 Å². The van der Waals surface area contributed by atoms with Crippen molar-refractivity contribution in [3.05, 3.63) is 45.5 Å². The second kappa shape index (κ2) is 3.59. The Bertz CT molecular complexity index is 458. The first-order chi connectivity index (χ1) is 7.56. The van der Waals surface area contributed by atoms with Crippen LogP contribution in [0.2, 0.25) is 0 Å². The SMILES string of the molecule is NC(=O)C1(C[N+](=O)[O-])CCc2ccccc21. The van der Waals surface area contributed by atoms with E-state index in [1.165, 1.54) is 0 Å². The molecule has 2 N–H and O–H groups in total. The lowest BCUT2D eigenvalue weighted by Gasteiger charge is -2.21. The lowest BCUT2D eigenvalue weighted by atomic mass is 9.81. The van der Waals surface area contributed by atoms with Gasteiger partial charge in [-0.05, 0) is 24.0 Å². The molecule has 0 radical (unpaired) electrons. The van der Waals surface area contributed by atoms with Crippen molar-refractivity contribution in [1.29, 1.82) is 0 Å². The molecule has 0 spiro atoms. The van der Waals surface area contributed by atoms with Crippen molar-refractivity contribution in [2.45, 2.75) is 18.3 Å². The fraction of sp³-hybridized carbons (Fsp3) is 0.364. The number of rotatable bonds is 3. The third-order valence-electron chi connectivity index (χ3n) is 3.22. The van der Waals surface area contributed by atoms with Gasteiger partial charge in [-0.3, -0.25) is 14.9 Å². The van der Waals surface area contributed by atoms with Crippen LogP contribution < -0.4 is 5.73 Å². The molecular weight excluding hydrogens is 208 g/mol. The van der Waals surface area contributed by atoms with Crippen LogP contribution in [0, 0.1) is 10.1 Å². The number of fused-ring (bicyclic) bond motifs is 1. The molecule has 1 unspecified atom stereocenters. The molecule has 84 valence electrons. The minimum Gasteiger partial charge on any atom is -0.369 e. The van der Waals surface area contributed by atoms with Crippen molar-refractivity contribution in [2.75, 3.05) is 6.54 Å². The van der Waals surface area contributed by atoms with Crippen LogP contribution in [0.5, 0.6) is 0 Å². The van der Waals surface area contributed by atoms with Gasteiger partial charge in [0, 0.05) is 4.92 Å². The maximum atomic E-state index is 11.5. The van der Waals surface area contributed by atoms with Crippen molar-refractivity contribution in [3.8, 4) is 0 Å². The lowest BCUT2D eigenvalue weighted by molar-refractivity contribution is -0.488. The van der Waals surface area contributed by atoms with E-state index in [0.29, 0.717) is 12.8 Å². The Morgan fingerprint density at radius 1 is 1.50 bits per heavy atom. The molecule has 0 bridgehead atoms. The second-order valence-corrected chi connectivity index (χ2v) is 4.09. The summed E-state index contributed by atoms with van der Waals surface area (Å²) >= 11 is 0. The quantitative estimate of drug-likeness (QED) is 0.598. The van der Waals surface area contributed by atoms with Crippen LogP contribution in [-0.4, -0.2) is 17.4 Å². The highest BCUT2D eigenvalue weighted by molar-refractivity contribution is 5.88. The van der Waals surface area contributed by atoms with Crippen molar-refractivity contribution in [2.24, 2.45) is 5.73 Å². The molecule has 0 heterocycles. The normalized spacial score (nSPS) is 22.8. The van der Waals surface area contributed by atoms with Crippen LogP contribution in [0.15, 0.2) is 24.3 Å². The van der Waals surface area contributed by atoms with Crippen LogP contribution >= 0.6 is 0 Å². The van der Waals surface area contributed by atoms with Crippen molar-refractivity contribution < 1.29 is 9.72 Å². The minimum atomic E-state index is -1.11. The monoisotopic (exact) mass is 220 g/mol. The fourth-order valence-electron chi connectivity index (χ4n) is 2.41. The number of hydrogen-bond acceptors (Lipinski definition) is 3. The van der Waals surface area contributed by atoms with Crippen LogP contribution in [0.1, 0.15) is 17.5 Å². The molecular formula is C11H12N2O3. The van der Waals surface area contributed by atoms with Crippen LogP contribution in [0.25, 0.3) is 0 Å². The predicted molar refractivity (Wildman–Crippen MR) is 57.5 cm³/mol. The summed E-state index contributed by atoms with van der Waals surface area (Å²) in [4.78, 5) is 21.7. The number of aryl methyl sites for hydroxylation is 1. The number of nitro groups is 1. The third-order valence-corrected chi connectivity index (χ3v) is 3.22. The topological polar surface area (TPSA) is 86.2 Å². The minimum absolute atomic E-state index is 0.417. The average molecular weight is 220 g/mol. The number of benzene rings is 1. The standard InChI is InChI=1S/C11H12N2O3/c12-10(14)11(7-13(15)16)6-5-8-3-1-2-4-9(8)11/h1-4H,5-7H2,(H2,12,14). The van der Waals surface area contributed by atoms with E-state index in [9.17, 15) is 14.9 Å². The first kappa shape index (κ1) is 10.6. The molecule has 16 heavy (non-hydrogen) atoms. The first-order valence-electron chi connectivity index (χ1n) is 5.06.